The predicted molar refractivity (Wildman–Crippen MR) is 68.1 cm³/mol. The largest absolute Gasteiger partial charge is 0.508 e. The second-order valence-corrected chi connectivity index (χ2v) is 4.33. The van der Waals surface area contributed by atoms with Gasteiger partial charge in [-0.15, -0.1) is 0 Å². The molecule has 0 radical (unpaired) electrons. The SMILES string of the molecule is C/C(NCCc1ccc(O)cc1)=C1\CCOC1=O. The van der Waals surface area contributed by atoms with Crippen LogP contribution in [0.5, 0.6) is 5.75 Å². The van der Waals surface area contributed by atoms with E-state index in [-0.39, 0.29) is 11.7 Å². The van der Waals surface area contributed by atoms with Crippen molar-refractivity contribution in [3.8, 4) is 5.75 Å². The first kappa shape index (κ1) is 12.5. The summed E-state index contributed by atoms with van der Waals surface area (Å²) in [5.41, 5.74) is 2.80. The van der Waals surface area contributed by atoms with E-state index in [0.29, 0.717) is 13.0 Å². The molecule has 0 atom stereocenters. The number of carbonyl (C=O) groups is 1. The Labute approximate surface area is 106 Å². The average molecular weight is 247 g/mol. The van der Waals surface area contributed by atoms with E-state index < -0.39 is 0 Å². The minimum Gasteiger partial charge on any atom is -0.508 e. The number of aromatic hydroxyl groups is 1. The monoisotopic (exact) mass is 247 g/mol. The van der Waals surface area contributed by atoms with Gasteiger partial charge in [-0.05, 0) is 31.0 Å². The third-order valence-electron chi connectivity index (χ3n) is 3.02. The van der Waals surface area contributed by atoms with Crippen LogP contribution in [-0.2, 0) is 16.0 Å². The van der Waals surface area contributed by atoms with Crippen LogP contribution in [-0.4, -0.2) is 24.2 Å². The summed E-state index contributed by atoms with van der Waals surface area (Å²) in [6.07, 6.45) is 1.54. The zero-order valence-corrected chi connectivity index (χ0v) is 10.4. The first-order valence-electron chi connectivity index (χ1n) is 6.05. The molecular weight excluding hydrogens is 230 g/mol. The topological polar surface area (TPSA) is 58.6 Å². The number of phenolic OH excluding ortho intramolecular Hbond substituents is 1. The normalized spacial score (nSPS) is 17.5. The predicted octanol–water partition coefficient (Wildman–Crippen LogP) is 1.75. The highest BCUT2D eigenvalue weighted by atomic mass is 16.5. The van der Waals surface area contributed by atoms with E-state index in [2.05, 4.69) is 5.32 Å². The number of hydrogen-bond acceptors (Lipinski definition) is 4. The molecule has 0 saturated carbocycles. The molecule has 0 aliphatic carbocycles. The number of allylic oxidation sites excluding steroid dienone is 1. The van der Waals surface area contributed by atoms with Crippen molar-refractivity contribution in [2.75, 3.05) is 13.2 Å². The Kier molecular flexibility index (Phi) is 3.87. The highest BCUT2D eigenvalue weighted by Gasteiger charge is 2.20. The fraction of sp³-hybridized carbons (Fsp3) is 0.357. The number of ether oxygens (including phenoxy) is 1. The molecule has 1 heterocycles. The number of phenols is 1. The summed E-state index contributed by atoms with van der Waals surface area (Å²) in [4.78, 5) is 11.3. The van der Waals surface area contributed by atoms with Gasteiger partial charge in [0.1, 0.15) is 5.75 Å². The third-order valence-corrected chi connectivity index (χ3v) is 3.02. The van der Waals surface area contributed by atoms with Crippen LogP contribution in [0.4, 0.5) is 0 Å². The summed E-state index contributed by atoms with van der Waals surface area (Å²) in [5.74, 6) is 0.0725. The number of rotatable bonds is 4. The van der Waals surface area contributed by atoms with Crippen molar-refractivity contribution in [1.29, 1.82) is 0 Å². The van der Waals surface area contributed by atoms with Crippen molar-refractivity contribution in [2.45, 2.75) is 19.8 Å². The van der Waals surface area contributed by atoms with Gasteiger partial charge in [0.15, 0.2) is 0 Å². The van der Waals surface area contributed by atoms with Crippen molar-refractivity contribution in [2.24, 2.45) is 0 Å². The molecule has 0 amide bonds. The summed E-state index contributed by atoms with van der Waals surface area (Å²) in [6, 6.07) is 7.14. The maximum absolute atomic E-state index is 11.3. The molecule has 0 unspecified atom stereocenters. The van der Waals surface area contributed by atoms with Gasteiger partial charge in [-0.2, -0.15) is 0 Å². The number of benzene rings is 1. The molecule has 0 aromatic heterocycles. The van der Waals surface area contributed by atoms with Gasteiger partial charge in [-0.3, -0.25) is 0 Å². The average Bonchev–Trinajstić information content (AvgIpc) is 2.78. The summed E-state index contributed by atoms with van der Waals surface area (Å²) >= 11 is 0. The maximum atomic E-state index is 11.3. The standard InChI is InChI=1S/C14H17NO3/c1-10(13-7-9-18-14(13)17)15-8-6-11-2-4-12(16)5-3-11/h2-5,15-16H,6-9H2,1H3/b13-10-. The smallest absolute Gasteiger partial charge is 0.335 e. The third kappa shape index (κ3) is 3.03. The summed E-state index contributed by atoms with van der Waals surface area (Å²) in [7, 11) is 0. The molecule has 1 aliphatic heterocycles. The molecule has 0 bridgehead atoms. The fourth-order valence-corrected chi connectivity index (χ4v) is 1.94. The van der Waals surface area contributed by atoms with Crippen molar-refractivity contribution in [3.63, 3.8) is 0 Å². The van der Waals surface area contributed by atoms with Crippen LogP contribution >= 0.6 is 0 Å². The summed E-state index contributed by atoms with van der Waals surface area (Å²) in [5, 5.41) is 12.4. The number of esters is 1. The Morgan fingerprint density at radius 1 is 1.39 bits per heavy atom. The van der Waals surface area contributed by atoms with E-state index in [1.54, 1.807) is 12.1 Å². The molecule has 0 spiro atoms. The number of carbonyl (C=O) groups excluding carboxylic acids is 1. The van der Waals surface area contributed by atoms with Crippen LogP contribution in [0.15, 0.2) is 35.5 Å². The zero-order chi connectivity index (χ0) is 13.0. The van der Waals surface area contributed by atoms with Crippen LogP contribution in [0.3, 0.4) is 0 Å². The first-order chi connectivity index (χ1) is 8.66. The number of hydrogen-bond donors (Lipinski definition) is 2. The Morgan fingerprint density at radius 3 is 2.72 bits per heavy atom. The van der Waals surface area contributed by atoms with Crippen LogP contribution in [0.25, 0.3) is 0 Å². The van der Waals surface area contributed by atoms with Crippen molar-refractivity contribution in [3.05, 3.63) is 41.1 Å². The zero-order valence-electron chi connectivity index (χ0n) is 10.4. The number of cyclic esters (lactones) is 1. The van der Waals surface area contributed by atoms with Gasteiger partial charge in [0.2, 0.25) is 0 Å². The first-order valence-corrected chi connectivity index (χ1v) is 6.05. The lowest BCUT2D eigenvalue weighted by Crippen LogP contribution is -2.17. The van der Waals surface area contributed by atoms with Gasteiger partial charge in [-0.25, -0.2) is 4.79 Å². The molecule has 2 rings (SSSR count). The van der Waals surface area contributed by atoms with E-state index in [9.17, 15) is 4.79 Å². The van der Waals surface area contributed by atoms with Crippen molar-refractivity contribution < 1.29 is 14.6 Å². The van der Waals surface area contributed by atoms with Crippen LogP contribution in [0.1, 0.15) is 18.9 Å². The van der Waals surface area contributed by atoms with E-state index in [0.717, 1.165) is 29.8 Å². The highest BCUT2D eigenvalue weighted by molar-refractivity contribution is 5.90. The molecule has 1 fully saturated rings. The Morgan fingerprint density at radius 2 is 2.11 bits per heavy atom. The van der Waals surface area contributed by atoms with E-state index in [1.165, 1.54) is 0 Å². The molecule has 1 aliphatic rings. The molecule has 1 aromatic carbocycles. The van der Waals surface area contributed by atoms with Gasteiger partial charge in [0.25, 0.3) is 0 Å². The Balaban J connectivity index is 1.85. The maximum Gasteiger partial charge on any atom is 0.335 e. The molecule has 18 heavy (non-hydrogen) atoms. The summed E-state index contributed by atoms with van der Waals surface area (Å²) in [6.45, 7) is 3.15. The molecular formula is C14H17NO3. The lowest BCUT2D eigenvalue weighted by molar-refractivity contribution is -0.135. The molecule has 1 saturated heterocycles. The highest BCUT2D eigenvalue weighted by Crippen LogP contribution is 2.16. The van der Waals surface area contributed by atoms with Gasteiger partial charge >= 0.3 is 5.97 Å². The quantitative estimate of drug-likeness (QED) is 0.628. The molecule has 2 N–H and O–H groups in total. The van der Waals surface area contributed by atoms with Crippen molar-refractivity contribution >= 4 is 5.97 Å². The minimum atomic E-state index is -0.204. The van der Waals surface area contributed by atoms with E-state index >= 15 is 0 Å². The number of nitrogens with one attached hydrogen (secondary N) is 1. The van der Waals surface area contributed by atoms with E-state index in [4.69, 9.17) is 9.84 Å². The second kappa shape index (κ2) is 5.58. The fourth-order valence-electron chi connectivity index (χ4n) is 1.94. The van der Waals surface area contributed by atoms with Crippen molar-refractivity contribution in [1.82, 2.24) is 5.32 Å². The van der Waals surface area contributed by atoms with E-state index in [1.807, 2.05) is 19.1 Å². The Bertz CT molecular complexity index is 462. The molecule has 96 valence electrons. The summed E-state index contributed by atoms with van der Waals surface area (Å²) < 4.78 is 4.90. The minimum absolute atomic E-state index is 0.204. The Hall–Kier alpha value is -1.97. The van der Waals surface area contributed by atoms with Gasteiger partial charge in [0, 0.05) is 18.7 Å². The van der Waals surface area contributed by atoms with Crippen LogP contribution in [0, 0.1) is 0 Å². The molecule has 4 heteroatoms. The second-order valence-electron chi connectivity index (χ2n) is 4.33. The lowest BCUT2D eigenvalue weighted by Gasteiger charge is -2.08. The lowest BCUT2D eigenvalue weighted by atomic mass is 10.1. The molecule has 4 nitrogen and oxygen atoms in total. The van der Waals surface area contributed by atoms with Crippen LogP contribution < -0.4 is 5.32 Å². The molecule has 1 aromatic rings. The van der Waals surface area contributed by atoms with Gasteiger partial charge in [-0.1, -0.05) is 12.1 Å². The van der Waals surface area contributed by atoms with Gasteiger partial charge < -0.3 is 15.2 Å². The van der Waals surface area contributed by atoms with Gasteiger partial charge in [0.05, 0.1) is 12.2 Å². The van der Waals surface area contributed by atoms with Crippen LogP contribution in [0.2, 0.25) is 0 Å².